The lowest BCUT2D eigenvalue weighted by Crippen LogP contribution is -2.25. The van der Waals surface area contributed by atoms with Crippen LogP contribution in [-0.2, 0) is 4.74 Å². The maximum atomic E-state index is 12.7. The second kappa shape index (κ2) is 12.4. The van der Waals surface area contributed by atoms with Crippen LogP contribution >= 0.6 is 0 Å². The van der Waals surface area contributed by atoms with Gasteiger partial charge >= 0.3 is 0 Å². The predicted molar refractivity (Wildman–Crippen MR) is 121 cm³/mol. The van der Waals surface area contributed by atoms with Crippen molar-refractivity contribution in [2.45, 2.75) is 76.2 Å². The average Bonchev–Trinajstić information content (AvgIpc) is 2.83. The van der Waals surface area contributed by atoms with E-state index >= 15 is 0 Å². The van der Waals surface area contributed by atoms with E-state index in [2.05, 4.69) is 18.2 Å². The summed E-state index contributed by atoms with van der Waals surface area (Å²) in [4.78, 5) is 0. The summed E-state index contributed by atoms with van der Waals surface area (Å²) in [6, 6.07) is 11.8. The SMILES string of the molecule is N#CC(F)=CC=CCC[C@H]1CC[C@H](OC[C@H]2CC[C@H](c3ccc(C#N)cc3)CC2)CC1. The van der Waals surface area contributed by atoms with Crippen molar-refractivity contribution in [1.29, 1.82) is 10.5 Å². The van der Waals surface area contributed by atoms with Crippen molar-refractivity contribution < 1.29 is 9.13 Å². The summed E-state index contributed by atoms with van der Waals surface area (Å²) in [6.45, 7) is 0.898. The van der Waals surface area contributed by atoms with E-state index in [9.17, 15) is 4.39 Å². The summed E-state index contributed by atoms with van der Waals surface area (Å²) in [7, 11) is 0. The molecule has 4 heteroatoms. The molecule has 3 rings (SSSR count). The van der Waals surface area contributed by atoms with Crippen molar-refractivity contribution in [3.8, 4) is 12.1 Å². The molecule has 0 spiro atoms. The monoisotopic (exact) mass is 420 g/mol. The van der Waals surface area contributed by atoms with Gasteiger partial charge < -0.3 is 4.74 Å². The largest absolute Gasteiger partial charge is 0.378 e. The number of hydrogen-bond acceptors (Lipinski definition) is 3. The Kier molecular flexibility index (Phi) is 9.32. The summed E-state index contributed by atoms with van der Waals surface area (Å²) in [5, 5.41) is 17.3. The first-order valence-corrected chi connectivity index (χ1v) is 11.7. The molecule has 0 radical (unpaired) electrons. The van der Waals surface area contributed by atoms with Gasteiger partial charge in [0.25, 0.3) is 0 Å². The smallest absolute Gasteiger partial charge is 0.199 e. The third-order valence-corrected chi connectivity index (χ3v) is 6.95. The second-order valence-corrected chi connectivity index (χ2v) is 9.06. The number of nitrogens with zero attached hydrogens (tertiary/aromatic N) is 2. The van der Waals surface area contributed by atoms with E-state index in [4.69, 9.17) is 15.3 Å². The van der Waals surface area contributed by atoms with Crippen molar-refractivity contribution in [3.63, 3.8) is 0 Å². The molecule has 2 aliphatic carbocycles. The lowest BCUT2D eigenvalue weighted by atomic mass is 9.79. The third-order valence-electron chi connectivity index (χ3n) is 6.95. The molecular formula is C27H33FN2O. The first-order chi connectivity index (χ1) is 15.2. The molecule has 2 saturated carbocycles. The molecule has 1 aromatic rings. The number of benzene rings is 1. The molecule has 2 aliphatic rings. The Labute approximate surface area is 186 Å². The first kappa shape index (κ1) is 23.2. The fourth-order valence-electron chi connectivity index (χ4n) is 4.97. The fraction of sp³-hybridized carbons (Fsp3) is 0.556. The van der Waals surface area contributed by atoms with Crippen LogP contribution in [0.2, 0.25) is 0 Å². The lowest BCUT2D eigenvalue weighted by molar-refractivity contribution is -0.00824. The molecule has 2 fully saturated rings. The minimum atomic E-state index is -0.739. The highest BCUT2D eigenvalue weighted by Gasteiger charge is 2.25. The van der Waals surface area contributed by atoms with Crippen LogP contribution < -0.4 is 0 Å². The molecule has 0 amide bonds. The second-order valence-electron chi connectivity index (χ2n) is 9.06. The van der Waals surface area contributed by atoms with Gasteiger partial charge in [0.15, 0.2) is 5.83 Å². The van der Waals surface area contributed by atoms with Gasteiger partial charge in [-0.15, -0.1) is 0 Å². The normalized spacial score (nSPS) is 27.0. The first-order valence-electron chi connectivity index (χ1n) is 11.7. The molecule has 0 saturated heterocycles. The number of halogens is 1. The van der Waals surface area contributed by atoms with Gasteiger partial charge in [-0.2, -0.15) is 14.9 Å². The molecule has 0 heterocycles. The number of allylic oxidation sites excluding steroid dienone is 4. The topological polar surface area (TPSA) is 56.8 Å². The Balaban J connectivity index is 1.28. The molecular weight excluding hydrogens is 387 g/mol. The molecule has 0 aromatic heterocycles. The van der Waals surface area contributed by atoms with Crippen molar-refractivity contribution in [2.75, 3.05) is 6.61 Å². The number of nitriles is 2. The number of ether oxygens (including phenoxy) is 1. The quantitative estimate of drug-likeness (QED) is 0.332. The summed E-state index contributed by atoms with van der Waals surface area (Å²) < 4.78 is 19.0. The van der Waals surface area contributed by atoms with Crippen LogP contribution in [0.1, 0.15) is 81.3 Å². The predicted octanol–water partition coefficient (Wildman–Crippen LogP) is 7.12. The van der Waals surface area contributed by atoms with Crippen LogP contribution in [0.5, 0.6) is 0 Å². The Morgan fingerprint density at radius 1 is 0.968 bits per heavy atom. The zero-order chi connectivity index (χ0) is 21.9. The van der Waals surface area contributed by atoms with Gasteiger partial charge in [0.05, 0.1) is 17.7 Å². The van der Waals surface area contributed by atoms with Crippen LogP contribution in [-0.4, -0.2) is 12.7 Å². The van der Waals surface area contributed by atoms with Gasteiger partial charge in [0.1, 0.15) is 6.07 Å². The highest BCUT2D eigenvalue weighted by atomic mass is 19.1. The van der Waals surface area contributed by atoms with Gasteiger partial charge in [-0.05, 0) is 106 Å². The number of rotatable bonds is 8. The van der Waals surface area contributed by atoms with E-state index in [-0.39, 0.29) is 0 Å². The molecule has 0 atom stereocenters. The summed E-state index contributed by atoms with van der Waals surface area (Å²) in [5.41, 5.74) is 2.11. The van der Waals surface area contributed by atoms with Gasteiger partial charge in [0.2, 0.25) is 0 Å². The van der Waals surface area contributed by atoms with Crippen LogP contribution in [0.3, 0.4) is 0 Å². The van der Waals surface area contributed by atoms with Crippen LogP contribution in [0.4, 0.5) is 4.39 Å². The average molecular weight is 421 g/mol. The van der Waals surface area contributed by atoms with E-state index in [1.807, 2.05) is 18.2 Å². The summed E-state index contributed by atoms with van der Waals surface area (Å²) >= 11 is 0. The highest BCUT2D eigenvalue weighted by Crippen LogP contribution is 2.37. The molecule has 31 heavy (non-hydrogen) atoms. The maximum Gasteiger partial charge on any atom is 0.199 e. The van der Waals surface area contributed by atoms with Crippen LogP contribution in [0.25, 0.3) is 0 Å². The minimum absolute atomic E-state index is 0.413. The molecule has 3 nitrogen and oxygen atoms in total. The summed E-state index contributed by atoms with van der Waals surface area (Å²) in [5.74, 6) is 1.30. The fourth-order valence-corrected chi connectivity index (χ4v) is 4.97. The Morgan fingerprint density at radius 2 is 1.65 bits per heavy atom. The summed E-state index contributed by atoms with van der Waals surface area (Å²) in [6.07, 6.45) is 16.9. The van der Waals surface area contributed by atoms with Crippen molar-refractivity contribution in [3.05, 3.63) is 59.4 Å². The zero-order valence-electron chi connectivity index (χ0n) is 18.3. The number of hydrogen-bond donors (Lipinski definition) is 0. The van der Waals surface area contributed by atoms with Crippen LogP contribution in [0, 0.1) is 34.5 Å². The molecule has 0 aliphatic heterocycles. The Bertz CT molecular complexity index is 814. The highest BCUT2D eigenvalue weighted by molar-refractivity contribution is 5.33. The van der Waals surface area contributed by atoms with E-state index < -0.39 is 5.83 Å². The zero-order valence-corrected chi connectivity index (χ0v) is 18.3. The van der Waals surface area contributed by atoms with Crippen LogP contribution in [0.15, 0.2) is 48.3 Å². The van der Waals surface area contributed by atoms with Gasteiger partial charge in [-0.25, -0.2) is 0 Å². The van der Waals surface area contributed by atoms with E-state index in [0.29, 0.717) is 17.9 Å². The van der Waals surface area contributed by atoms with Gasteiger partial charge in [0, 0.05) is 6.61 Å². The molecule has 0 bridgehead atoms. The van der Waals surface area contributed by atoms with Crippen molar-refractivity contribution >= 4 is 0 Å². The standard InChI is InChI=1S/C27H33FN2O/c28-26(19-30)5-3-1-2-4-21-10-16-27(17-11-21)31-20-23-8-14-25(15-9-23)24-12-6-22(18-29)7-13-24/h1,3,5-7,12-13,21,23,25,27H,2,4,8-11,14-17,20H2/t21-,23-,25-,27-. The van der Waals surface area contributed by atoms with Gasteiger partial charge in [-0.1, -0.05) is 24.3 Å². The van der Waals surface area contributed by atoms with E-state index in [0.717, 1.165) is 43.8 Å². The minimum Gasteiger partial charge on any atom is -0.378 e. The lowest BCUT2D eigenvalue weighted by Gasteiger charge is -2.32. The molecule has 164 valence electrons. The molecule has 0 N–H and O–H groups in total. The van der Waals surface area contributed by atoms with Gasteiger partial charge in [-0.3, -0.25) is 0 Å². The molecule has 1 aromatic carbocycles. The third kappa shape index (κ3) is 7.64. The Hall–Kier alpha value is -2.43. The molecule has 0 unspecified atom stereocenters. The van der Waals surface area contributed by atoms with E-state index in [1.54, 1.807) is 6.08 Å². The maximum absolute atomic E-state index is 12.7. The van der Waals surface area contributed by atoms with E-state index in [1.165, 1.54) is 56.2 Å². The van der Waals surface area contributed by atoms with Crippen molar-refractivity contribution in [1.82, 2.24) is 0 Å². The Morgan fingerprint density at radius 3 is 2.29 bits per heavy atom. The van der Waals surface area contributed by atoms with Crippen molar-refractivity contribution in [2.24, 2.45) is 11.8 Å².